The van der Waals surface area contributed by atoms with Crippen LogP contribution >= 0.6 is 0 Å². The molecule has 0 unspecified atom stereocenters. The van der Waals surface area contributed by atoms with Gasteiger partial charge in [0.1, 0.15) is 0 Å². The Hall–Kier alpha value is -0.0400. The first kappa shape index (κ1) is 16.0. The van der Waals surface area contributed by atoms with E-state index >= 15 is 0 Å². The number of aliphatic hydroxyl groups excluding tert-OH is 1. The third kappa shape index (κ3) is 6.22. The predicted molar refractivity (Wildman–Crippen MR) is 79.8 cm³/mol. The van der Waals surface area contributed by atoms with Crippen LogP contribution < -0.4 is 0 Å². The molecule has 0 amide bonds. The summed E-state index contributed by atoms with van der Waals surface area (Å²) >= 11 is 0. The second-order valence-corrected chi connectivity index (χ2v) is 6.44. The van der Waals surface area contributed by atoms with Gasteiger partial charge in [0.25, 0.3) is 0 Å². The highest BCUT2D eigenvalue weighted by Crippen LogP contribution is 2.44. The number of rotatable bonds is 12. The van der Waals surface area contributed by atoms with Gasteiger partial charge in [-0.15, -0.1) is 0 Å². The Morgan fingerprint density at radius 3 is 1.67 bits per heavy atom. The summed E-state index contributed by atoms with van der Waals surface area (Å²) in [7, 11) is 0. The highest BCUT2D eigenvalue weighted by molar-refractivity contribution is 4.86. The quantitative estimate of drug-likeness (QED) is 0.458. The molecule has 1 aliphatic carbocycles. The van der Waals surface area contributed by atoms with Crippen molar-refractivity contribution in [3.8, 4) is 0 Å². The standard InChI is InChI=1S/C17H34O/c1-2-3-4-5-6-7-8-9-10-11-13-17(16-18)14-12-15-17/h18H,2-16H2,1H3. The van der Waals surface area contributed by atoms with Gasteiger partial charge in [-0.1, -0.05) is 77.6 Å². The minimum atomic E-state index is 0.361. The molecule has 0 spiro atoms. The minimum absolute atomic E-state index is 0.361. The molecule has 0 aliphatic heterocycles. The Morgan fingerprint density at radius 2 is 1.28 bits per heavy atom. The Bertz CT molecular complexity index is 179. The Kier molecular flexibility index (Phi) is 8.75. The molecule has 18 heavy (non-hydrogen) atoms. The van der Waals surface area contributed by atoms with Crippen LogP contribution in [-0.4, -0.2) is 11.7 Å². The average Bonchev–Trinajstić information content (AvgIpc) is 2.34. The van der Waals surface area contributed by atoms with E-state index in [4.69, 9.17) is 0 Å². The monoisotopic (exact) mass is 254 g/mol. The normalized spacial score (nSPS) is 17.7. The number of unbranched alkanes of at least 4 members (excludes halogenated alkanes) is 9. The van der Waals surface area contributed by atoms with Gasteiger partial charge >= 0.3 is 0 Å². The number of hydrogen-bond acceptors (Lipinski definition) is 1. The summed E-state index contributed by atoms with van der Waals surface area (Å²) in [6.45, 7) is 2.71. The maximum atomic E-state index is 9.38. The molecule has 0 atom stereocenters. The van der Waals surface area contributed by atoms with Crippen LogP contribution in [0.2, 0.25) is 0 Å². The Morgan fingerprint density at radius 1 is 0.778 bits per heavy atom. The fourth-order valence-electron chi connectivity index (χ4n) is 3.15. The van der Waals surface area contributed by atoms with E-state index in [-0.39, 0.29) is 0 Å². The number of hydrogen-bond donors (Lipinski definition) is 1. The van der Waals surface area contributed by atoms with Crippen molar-refractivity contribution in [2.45, 2.75) is 96.8 Å². The highest BCUT2D eigenvalue weighted by Gasteiger charge is 2.35. The molecular weight excluding hydrogens is 220 g/mol. The van der Waals surface area contributed by atoms with Crippen molar-refractivity contribution in [1.82, 2.24) is 0 Å². The zero-order valence-corrected chi connectivity index (χ0v) is 12.6. The van der Waals surface area contributed by atoms with Crippen LogP contribution in [0.15, 0.2) is 0 Å². The largest absolute Gasteiger partial charge is 0.396 e. The van der Waals surface area contributed by atoms with Gasteiger partial charge in [0.05, 0.1) is 0 Å². The average molecular weight is 254 g/mol. The van der Waals surface area contributed by atoms with Gasteiger partial charge in [-0.25, -0.2) is 0 Å². The summed E-state index contributed by atoms with van der Waals surface area (Å²) in [4.78, 5) is 0. The van der Waals surface area contributed by atoms with Crippen molar-refractivity contribution in [2.24, 2.45) is 5.41 Å². The fraction of sp³-hybridized carbons (Fsp3) is 1.00. The lowest BCUT2D eigenvalue weighted by molar-refractivity contribution is 0.0336. The molecule has 1 saturated carbocycles. The summed E-state index contributed by atoms with van der Waals surface area (Å²) in [5, 5.41) is 9.38. The van der Waals surface area contributed by atoms with E-state index in [2.05, 4.69) is 6.92 Å². The molecular formula is C17H34O. The summed E-state index contributed by atoms with van der Waals surface area (Å²) < 4.78 is 0. The van der Waals surface area contributed by atoms with E-state index in [1.807, 2.05) is 0 Å². The van der Waals surface area contributed by atoms with Gasteiger partial charge in [-0.2, -0.15) is 0 Å². The Balaban J connectivity index is 1.78. The smallest absolute Gasteiger partial charge is 0.0487 e. The zero-order chi connectivity index (χ0) is 13.1. The van der Waals surface area contributed by atoms with E-state index in [1.165, 1.54) is 89.9 Å². The molecule has 1 heteroatoms. The summed E-state index contributed by atoms with van der Waals surface area (Å²) in [6.07, 6.45) is 19.3. The van der Waals surface area contributed by atoms with E-state index in [9.17, 15) is 5.11 Å². The molecule has 0 aromatic heterocycles. The van der Waals surface area contributed by atoms with Crippen molar-refractivity contribution in [2.75, 3.05) is 6.61 Å². The highest BCUT2D eigenvalue weighted by atomic mass is 16.3. The summed E-state index contributed by atoms with van der Waals surface area (Å²) in [5.74, 6) is 0. The molecule has 0 saturated heterocycles. The first-order chi connectivity index (χ1) is 8.83. The number of aliphatic hydroxyl groups is 1. The third-order valence-corrected chi connectivity index (χ3v) is 4.81. The molecule has 1 fully saturated rings. The van der Waals surface area contributed by atoms with E-state index in [0.29, 0.717) is 12.0 Å². The first-order valence-electron chi connectivity index (χ1n) is 8.44. The van der Waals surface area contributed by atoms with Crippen molar-refractivity contribution < 1.29 is 5.11 Å². The molecule has 1 aliphatic rings. The molecule has 1 nitrogen and oxygen atoms in total. The van der Waals surface area contributed by atoms with Gasteiger partial charge in [-0.3, -0.25) is 0 Å². The van der Waals surface area contributed by atoms with E-state index in [0.717, 1.165) is 0 Å². The first-order valence-corrected chi connectivity index (χ1v) is 8.44. The second-order valence-electron chi connectivity index (χ2n) is 6.44. The van der Waals surface area contributed by atoms with Gasteiger partial charge < -0.3 is 5.11 Å². The molecule has 1 rings (SSSR count). The topological polar surface area (TPSA) is 20.2 Å². The van der Waals surface area contributed by atoms with Gasteiger partial charge in [0.15, 0.2) is 0 Å². The van der Waals surface area contributed by atoms with Crippen LogP contribution in [0, 0.1) is 5.41 Å². The van der Waals surface area contributed by atoms with Crippen molar-refractivity contribution in [3.05, 3.63) is 0 Å². The van der Waals surface area contributed by atoms with Crippen molar-refractivity contribution in [1.29, 1.82) is 0 Å². The van der Waals surface area contributed by atoms with Crippen LogP contribution in [0.1, 0.15) is 96.8 Å². The van der Waals surface area contributed by atoms with Gasteiger partial charge in [0, 0.05) is 6.61 Å². The lowest BCUT2D eigenvalue weighted by Gasteiger charge is -2.40. The van der Waals surface area contributed by atoms with Crippen LogP contribution in [0.5, 0.6) is 0 Å². The van der Waals surface area contributed by atoms with E-state index in [1.54, 1.807) is 0 Å². The van der Waals surface area contributed by atoms with Crippen LogP contribution in [0.25, 0.3) is 0 Å². The molecule has 1 N–H and O–H groups in total. The lowest BCUT2D eigenvalue weighted by Crippen LogP contribution is -2.33. The second kappa shape index (κ2) is 9.83. The van der Waals surface area contributed by atoms with Crippen LogP contribution in [0.4, 0.5) is 0 Å². The van der Waals surface area contributed by atoms with Gasteiger partial charge in [-0.05, 0) is 24.7 Å². The molecule has 0 aromatic rings. The summed E-state index contributed by atoms with van der Waals surface area (Å²) in [6, 6.07) is 0. The van der Waals surface area contributed by atoms with Gasteiger partial charge in [0.2, 0.25) is 0 Å². The summed E-state index contributed by atoms with van der Waals surface area (Å²) in [5.41, 5.74) is 0.361. The molecule has 0 aromatic carbocycles. The van der Waals surface area contributed by atoms with Crippen molar-refractivity contribution in [3.63, 3.8) is 0 Å². The molecule has 0 radical (unpaired) electrons. The SMILES string of the molecule is CCCCCCCCCCCCC1(CO)CCC1. The Labute approximate surface area is 114 Å². The van der Waals surface area contributed by atoms with Crippen LogP contribution in [0.3, 0.4) is 0 Å². The lowest BCUT2D eigenvalue weighted by atomic mass is 9.66. The molecule has 108 valence electrons. The van der Waals surface area contributed by atoms with Crippen molar-refractivity contribution >= 4 is 0 Å². The van der Waals surface area contributed by atoms with Crippen LogP contribution in [-0.2, 0) is 0 Å². The fourth-order valence-corrected chi connectivity index (χ4v) is 3.15. The third-order valence-electron chi connectivity index (χ3n) is 4.81. The predicted octanol–water partition coefficient (Wildman–Crippen LogP) is 5.46. The molecule has 0 heterocycles. The van der Waals surface area contributed by atoms with E-state index < -0.39 is 0 Å². The maximum absolute atomic E-state index is 9.38. The minimum Gasteiger partial charge on any atom is -0.396 e. The maximum Gasteiger partial charge on any atom is 0.0487 e. The molecule has 0 bridgehead atoms. The zero-order valence-electron chi connectivity index (χ0n) is 12.6.